The molecule has 0 radical (unpaired) electrons. The molecule has 1 heteroatoms. The van der Waals surface area contributed by atoms with Crippen molar-refractivity contribution in [3.8, 4) is 28.7 Å². The van der Waals surface area contributed by atoms with Crippen molar-refractivity contribution in [1.29, 1.82) is 0 Å². The highest BCUT2D eigenvalue weighted by atomic mass is 16.5. The van der Waals surface area contributed by atoms with Crippen LogP contribution >= 0.6 is 0 Å². The van der Waals surface area contributed by atoms with Crippen molar-refractivity contribution >= 4 is 12.2 Å². The van der Waals surface area contributed by atoms with E-state index in [1.165, 1.54) is 30.4 Å². The van der Waals surface area contributed by atoms with E-state index in [0.717, 1.165) is 41.0 Å². The molecule has 0 amide bonds. The summed E-state index contributed by atoms with van der Waals surface area (Å²) in [5, 5.41) is 0. The predicted octanol–water partition coefficient (Wildman–Crippen LogP) is 9.69. The molecule has 0 bridgehead atoms. The van der Waals surface area contributed by atoms with Crippen molar-refractivity contribution < 1.29 is 4.74 Å². The van der Waals surface area contributed by atoms with Crippen molar-refractivity contribution in [2.75, 3.05) is 6.61 Å². The lowest BCUT2D eigenvalue weighted by molar-refractivity contribution is 0.305. The largest absolute Gasteiger partial charge is 0.494 e. The van der Waals surface area contributed by atoms with Crippen molar-refractivity contribution in [3.63, 3.8) is 0 Å². The fourth-order valence-electron chi connectivity index (χ4n) is 3.90. The van der Waals surface area contributed by atoms with E-state index in [4.69, 9.17) is 4.74 Å². The lowest BCUT2D eigenvalue weighted by Gasteiger charge is -2.06. The molecule has 0 fully saturated rings. The molecule has 0 aromatic heterocycles. The first-order valence-corrected chi connectivity index (χ1v) is 13.0. The van der Waals surface area contributed by atoms with E-state index in [-0.39, 0.29) is 0 Å². The zero-order chi connectivity index (χ0) is 26.1. The number of unbranched alkanes of at least 4 members (excludes halogenated alkanes) is 3. The van der Waals surface area contributed by atoms with Crippen molar-refractivity contribution in [1.82, 2.24) is 0 Å². The molecule has 0 spiro atoms. The molecule has 186 valence electrons. The highest BCUT2D eigenvalue weighted by Crippen LogP contribution is 2.25. The van der Waals surface area contributed by atoms with Crippen molar-refractivity contribution in [2.45, 2.75) is 32.6 Å². The molecule has 4 aromatic rings. The van der Waals surface area contributed by atoms with Crippen LogP contribution in [0, 0.1) is 11.8 Å². The second kappa shape index (κ2) is 15.7. The Kier molecular flexibility index (Phi) is 11.6. The van der Waals surface area contributed by atoms with E-state index in [1.54, 1.807) is 0 Å². The van der Waals surface area contributed by atoms with Crippen molar-refractivity contribution in [2.24, 2.45) is 0 Å². The van der Waals surface area contributed by atoms with Crippen LogP contribution in [0.5, 0.6) is 5.75 Å². The van der Waals surface area contributed by atoms with Crippen LogP contribution in [0.4, 0.5) is 0 Å². The fraction of sp³-hybridized carbons (Fsp3) is 0.167. The number of ether oxygens (including phenoxy) is 1. The molecule has 4 rings (SSSR count). The van der Waals surface area contributed by atoms with Crippen LogP contribution in [-0.2, 0) is 0 Å². The normalized spacial score (nSPS) is 10.2. The highest BCUT2D eigenvalue weighted by molar-refractivity contribution is 5.76. The Morgan fingerprint density at radius 1 is 0.676 bits per heavy atom. The molecule has 0 unspecified atom stereocenters. The van der Waals surface area contributed by atoms with Gasteiger partial charge in [-0.05, 0) is 65.1 Å². The minimum atomic E-state index is 0.776. The molecular weight excluding hydrogens is 448 g/mol. The van der Waals surface area contributed by atoms with Gasteiger partial charge < -0.3 is 4.74 Å². The van der Waals surface area contributed by atoms with Gasteiger partial charge in [-0.15, -0.1) is 13.2 Å². The second-order valence-electron chi connectivity index (χ2n) is 8.60. The van der Waals surface area contributed by atoms with Gasteiger partial charge in [0, 0.05) is 11.1 Å². The monoisotopic (exact) mass is 484 g/mol. The number of benzene rings is 4. The third-order valence-corrected chi connectivity index (χ3v) is 5.85. The van der Waals surface area contributed by atoms with Crippen LogP contribution in [0.1, 0.15) is 54.9 Å². The summed E-state index contributed by atoms with van der Waals surface area (Å²) in [5.41, 5.74) is 6.67. The lowest BCUT2D eigenvalue weighted by Crippen LogP contribution is -1.96. The van der Waals surface area contributed by atoms with Crippen LogP contribution in [0.2, 0.25) is 0 Å². The molecule has 0 atom stereocenters. The maximum atomic E-state index is 5.85. The summed E-state index contributed by atoms with van der Waals surface area (Å²) >= 11 is 0. The van der Waals surface area contributed by atoms with Gasteiger partial charge in [0.15, 0.2) is 0 Å². The first kappa shape index (κ1) is 27.3. The molecule has 0 N–H and O–H groups in total. The molecule has 0 saturated heterocycles. The van der Waals surface area contributed by atoms with Gasteiger partial charge in [0.25, 0.3) is 0 Å². The fourth-order valence-corrected chi connectivity index (χ4v) is 3.90. The van der Waals surface area contributed by atoms with Crippen molar-refractivity contribution in [3.05, 3.63) is 139 Å². The number of hydrogen-bond acceptors (Lipinski definition) is 1. The highest BCUT2D eigenvalue weighted by Gasteiger charge is 2.03. The van der Waals surface area contributed by atoms with Gasteiger partial charge in [-0.3, -0.25) is 0 Å². The molecule has 37 heavy (non-hydrogen) atoms. The van der Waals surface area contributed by atoms with E-state index in [9.17, 15) is 0 Å². The standard InChI is InChI=1S/C34H32O.C2H4/c1-2-3-4-10-26-35-33-24-21-29(22-25-33)20-23-31-15-8-9-17-34(31)32-16-11-14-30(27-32)19-18-28-12-6-5-7-13-28;1-2/h5-9,11-19,21-22,24-25,27H,2-4,10,26H2,1H3;1-2H2/b19-18+;. The van der Waals surface area contributed by atoms with Gasteiger partial charge in [-0.1, -0.05) is 117 Å². The summed E-state index contributed by atoms with van der Waals surface area (Å²) < 4.78 is 5.85. The average Bonchev–Trinajstić information content (AvgIpc) is 2.97. The van der Waals surface area contributed by atoms with Gasteiger partial charge >= 0.3 is 0 Å². The van der Waals surface area contributed by atoms with Crippen LogP contribution in [-0.4, -0.2) is 6.61 Å². The Bertz CT molecular complexity index is 1300. The second-order valence-corrected chi connectivity index (χ2v) is 8.60. The summed E-state index contributed by atoms with van der Waals surface area (Å²) in [6.45, 7) is 9.00. The molecule has 4 aromatic carbocycles. The first-order valence-electron chi connectivity index (χ1n) is 13.0. The number of hydrogen-bond donors (Lipinski definition) is 0. The predicted molar refractivity (Wildman–Crippen MR) is 161 cm³/mol. The maximum absolute atomic E-state index is 5.85. The third kappa shape index (κ3) is 9.02. The SMILES string of the molecule is C=C.CCCCCCOc1ccc(C#Cc2ccccc2-c2cccc(/C=C/c3ccccc3)c2)cc1. The topological polar surface area (TPSA) is 9.23 Å². The maximum Gasteiger partial charge on any atom is 0.119 e. The number of rotatable bonds is 9. The Morgan fingerprint density at radius 3 is 2.16 bits per heavy atom. The summed E-state index contributed by atoms with van der Waals surface area (Å²) in [5.74, 6) is 7.62. The molecule has 1 nitrogen and oxygen atoms in total. The van der Waals surface area contributed by atoms with Crippen LogP contribution in [0.25, 0.3) is 23.3 Å². The quantitative estimate of drug-likeness (QED) is 0.0994. The minimum absolute atomic E-state index is 0.776. The van der Waals surface area contributed by atoms with E-state index >= 15 is 0 Å². The summed E-state index contributed by atoms with van der Waals surface area (Å²) in [7, 11) is 0. The van der Waals surface area contributed by atoms with Crippen LogP contribution in [0.15, 0.2) is 116 Å². The van der Waals surface area contributed by atoms with E-state index in [0.29, 0.717) is 0 Å². The summed E-state index contributed by atoms with van der Waals surface area (Å²) in [6, 6.07) is 35.4. The first-order chi connectivity index (χ1) is 18.3. The summed E-state index contributed by atoms with van der Waals surface area (Å²) in [6.07, 6.45) is 9.15. The molecule has 0 aliphatic carbocycles. The van der Waals surface area contributed by atoms with E-state index < -0.39 is 0 Å². The molecule has 0 aliphatic heterocycles. The minimum Gasteiger partial charge on any atom is -0.494 e. The lowest BCUT2D eigenvalue weighted by atomic mass is 9.98. The van der Waals surface area contributed by atoms with Gasteiger partial charge in [0.2, 0.25) is 0 Å². The molecule has 0 aliphatic rings. The van der Waals surface area contributed by atoms with Gasteiger partial charge in [0.05, 0.1) is 6.61 Å². The van der Waals surface area contributed by atoms with E-state index in [2.05, 4.69) is 111 Å². The molecular formula is C36H36O. The molecule has 0 saturated carbocycles. The van der Waals surface area contributed by atoms with Crippen LogP contribution in [0.3, 0.4) is 0 Å². The Morgan fingerprint density at radius 2 is 1.38 bits per heavy atom. The van der Waals surface area contributed by atoms with Gasteiger partial charge in [0.1, 0.15) is 5.75 Å². The molecule has 0 heterocycles. The smallest absolute Gasteiger partial charge is 0.119 e. The zero-order valence-corrected chi connectivity index (χ0v) is 21.8. The zero-order valence-electron chi connectivity index (χ0n) is 21.8. The van der Waals surface area contributed by atoms with Gasteiger partial charge in [-0.25, -0.2) is 0 Å². The van der Waals surface area contributed by atoms with Gasteiger partial charge in [-0.2, -0.15) is 0 Å². The Labute approximate surface area is 223 Å². The Balaban J connectivity index is 0.00000186. The van der Waals surface area contributed by atoms with E-state index in [1.807, 2.05) is 36.4 Å². The Hall–Kier alpha value is -4.28. The third-order valence-electron chi connectivity index (χ3n) is 5.85. The van der Waals surface area contributed by atoms with Crippen LogP contribution < -0.4 is 4.74 Å². The summed E-state index contributed by atoms with van der Waals surface area (Å²) in [4.78, 5) is 0. The average molecular weight is 485 g/mol.